The molecule has 1 amide bonds. The third-order valence-electron chi connectivity index (χ3n) is 3.12. The lowest BCUT2D eigenvalue weighted by Gasteiger charge is -2.08. The SMILES string of the molecule is O=C(Nc1ccc(Cl)cc1)c1cnc(Nc2cc(Cl)cc(Cl)c2)cn1. The van der Waals surface area contributed by atoms with Crippen molar-refractivity contribution in [2.24, 2.45) is 0 Å². The first kappa shape index (κ1) is 17.5. The minimum Gasteiger partial charge on any atom is -0.339 e. The van der Waals surface area contributed by atoms with Gasteiger partial charge in [0, 0.05) is 26.4 Å². The first-order chi connectivity index (χ1) is 12.0. The highest BCUT2D eigenvalue weighted by Gasteiger charge is 2.09. The average Bonchev–Trinajstić information content (AvgIpc) is 2.56. The second-order valence-corrected chi connectivity index (χ2v) is 6.34. The highest BCUT2D eigenvalue weighted by molar-refractivity contribution is 6.35. The molecular formula is C17H11Cl3N4O. The summed E-state index contributed by atoms with van der Waals surface area (Å²) in [5.74, 6) is 0.0912. The van der Waals surface area contributed by atoms with Crippen molar-refractivity contribution in [3.8, 4) is 0 Å². The summed E-state index contributed by atoms with van der Waals surface area (Å²) in [6.45, 7) is 0. The fourth-order valence-corrected chi connectivity index (χ4v) is 2.66. The molecule has 1 aromatic heterocycles. The van der Waals surface area contributed by atoms with Gasteiger partial charge < -0.3 is 10.6 Å². The molecular weight excluding hydrogens is 383 g/mol. The van der Waals surface area contributed by atoms with E-state index in [1.54, 1.807) is 42.5 Å². The molecule has 0 bridgehead atoms. The highest BCUT2D eigenvalue weighted by Crippen LogP contribution is 2.24. The third kappa shape index (κ3) is 4.82. The minimum absolute atomic E-state index is 0.185. The number of rotatable bonds is 4. The number of hydrogen-bond acceptors (Lipinski definition) is 4. The van der Waals surface area contributed by atoms with Gasteiger partial charge in [0.15, 0.2) is 0 Å². The Balaban J connectivity index is 1.68. The smallest absolute Gasteiger partial charge is 0.275 e. The van der Waals surface area contributed by atoms with E-state index >= 15 is 0 Å². The van der Waals surface area contributed by atoms with Crippen molar-refractivity contribution in [3.05, 3.63) is 75.6 Å². The lowest BCUT2D eigenvalue weighted by Crippen LogP contribution is -2.14. The number of halogens is 3. The Morgan fingerprint density at radius 2 is 1.48 bits per heavy atom. The Hall–Kier alpha value is -2.34. The topological polar surface area (TPSA) is 66.9 Å². The Morgan fingerprint density at radius 3 is 2.08 bits per heavy atom. The lowest BCUT2D eigenvalue weighted by atomic mass is 10.3. The second kappa shape index (κ2) is 7.70. The molecule has 3 aromatic rings. The molecule has 0 saturated heterocycles. The molecule has 0 spiro atoms. The van der Waals surface area contributed by atoms with Crippen molar-refractivity contribution >= 4 is 57.9 Å². The summed E-state index contributed by atoms with van der Waals surface area (Å²) in [6, 6.07) is 11.8. The van der Waals surface area contributed by atoms with Gasteiger partial charge in [0.05, 0.1) is 12.4 Å². The molecule has 8 heteroatoms. The van der Waals surface area contributed by atoms with Crippen LogP contribution in [0.1, 0.15) is 10.5 Å². The number of hydrogen-bond donors (Lipinski definition) is 2. The fourth-order valence-electron chi connectivity index (χ4n) is 2.01. The van der Waals surface area contributed by atoms with Gasteiger partial charge in [-0.2, -0.15) is 0 Å². The number of amides is 1. The van der Waals surface area contributed by atoms with Crippen LogP contribution in [0.3, 0.4) is 0 Å². The molecule has 5 nitrogen and oxygen atoms in total. The van der Waals surface area contributed by atoms with E-state index in [1.807, 2.05) is 0 Å². The van der Waals surface area contributed by atoms with Crippen LogP contribution in [0.15, 0.2) is 54.9 Å². The van der Waals surface area contributed by atoms with Crippen molar-refractivity contribution in [1.29, 1.82) is 0 Å². The molecule has 0 unspecified atom stereocenters. The molecule has 0 saturated carbocycles. The summed E-state index contributed by atoms with van der Waals surface area (Å²) >= 11 is 17.7. The molecule has 0 atom stereocenters. The maximum absolute atomic E-state index is 12.2. The number of nitrogens with one attached hydrogen (secondary N) is 2. The van der Waals surface area contributed by atoms with Crippen LogP contribution < -0.4 is 10.6 Å². The number of carbonyl (C=O) groups is 1. The molecule has 1 heterocycles. The molecule has 25 heavy (non-hydrogen) atoms. The lowest BCUT2D eigenvalue weighted by molar-refractivity contribution is 0.102. The van der Waals surface area contributed by atoms with E-state index < -0.39 is 0 Å². The Kier molecular flexibility index (Phi) is 5.38. The van der Waals surface area contributed by atoms with Gasteiger partial charge in [-0.05, 0) is 42.5 Å². The average molecular weight is 394 g/mol. The number of aromatic nitrogens is 2. The van der Waals surface area contributed by atoms with Crippen LogP contribution in [0.4, 0.5) is 17.2 Å². The summed E-state index contributed by atoms with van der Waals surface area (Å²) in [4.78, 5) is 20.4. The van der Waals surface area contributed by atoms with Gasteiger partial charge in [0.25, 0.3) is 5.91 Å². The number of nitrogens with zero attached hydrogens (tertiary/aromatic N) is 2. The Bertz CT molecular complexity index is 879. The summed E-state index contributed by atoms with van der Waals surface area (Å²) < 4.78 is 0. The molecule has 0 fully saturated rings. The first-order valence-electron chi connectivity index (χ1n) is 7.12. The van der Waals surface area contributed by atoms with Crippen molar-refractivity contribution in [2.45, 2.75) is 0 Å². The van der Waals surface area contributed by atoms with Crippen LogP contribution in [0.2, 0.25) is 15.1 Å². The maximum Gasteiger partial charge on any atom is 0.275 e. The standard InChI is InChI=1S/C17H11Cl3N4O/c18-10-1-3-13(4-2-10)24-17(25)15-8-22-16(9-21-15)23-14-6-11(19)5-12(20)7-14/h1-9H,(H,22,23)(H,24,25). The van der Waals surface area contributed by atoms with Crippen LogP contribution in [-0.2, 0) is 0 Å². The Morgan fingerprint density at radius 1 is 0.800 bits per heavy atom. The molecule has 2 N–H and O–H groups in total. The van der Waals surface area contributed by atoms with Crippen molar-refractivity contribution in [3.63, 3.8) is 0 Å². The van der Waals surface area contributed by atoms with E-state index in [2.05, 4.69) is 20.6 Å². The van der Waals surface area contributed by atoms with Crippen molar-refractivity contribution in [2.75, 3.05) is 10.6 Å². The predicted molar refractivity (Wildman–Crippen MR) is 101 cm³/mol. The van der Waals surface area contributed by atoms with E-state index in [-0.39, 0.29) is 11.6 Å². The quantitative estimate of drug-likeness (QED) is 0.620. The van der Waals surface area contributed by atoms with Crippen LogP contribution in [0, 0.1) is 0 Å². The summed E-state index contributed by atoms with van der Waals surface area (Å²) in [7, 11) is 0. The van der Waals surface area contributed by atoms with Crippen molar-refractivity contribution in [1.82, 2.24) is 9.97 Å². The zero-order chi connectivity index (χ0) is 17.8. The zero-order valence-electron chi connectivity index (χ0n) is 12.6. The Labute approximate surface area is 159 Å². The zero-order valence-corrected chi connectivity index (χ0v) is 14.9. The van der Waals surface area contributed by atoms with Crippen LogP contribution in [-0.4, -0.2) is 15.9 Å². The summed E-state index contributed by atoms with van der Waals surface area (Å²) in [5, 5.41) is 7.33. The van der Waals surface area contributed by atoms with Gasteiger partial charge >= 0.3 is 0 Å². The van der Waals surface area contributed by atoms with Gasteiger partial charge in [-0.15, -0.1) is 0 Å². The van der Waals surface area contributed by atoms with E-state index in [0.717, 1.165) is 0 Å². The van der Waals surface area contributed by atoms with E-state index in [1.165, 1.54) is 12.4 Å². The second-order valence-electron chi connectivity index (χ2n) is 5.03. The van der Waals surface area contributed by atoms with E-state index in [0.29, 0.717) is 32.3 Å². The third-order valence-corrected chi connectivity index (χ3v) is 3.81. The van der Waals surface area contributed by atoms with Crippen LogP contribution in [0.25, 0.3) is 0 Å². The number of carbonyl (C=O) groups excluding carboxylic acids is 1. The molecule has 0 aliphatic rings. The normalized spacial score (nSPS) is 10.4. The number of anilines is 3. The monoisotopic (exact) mass is 392 g/mol. The summed E-state index contributed by atoms with van der Waals surface area (Å²) in [5.41, 5.74) is 1.47. The fraction of sp³-hybridized carbons (Fsp3) is 0. The van der Waals surface area contributed by atoms with Gasteiger partial charge in [0.1, 0.15) is 11.5 Å². The minimum atomic E-state index is -0.368. The summed E-state index contributed by atoms with van der Waals surface area (Å²) in [6.07, 6.45) is 2.82. The van der Waals surface area contributed by atoms with Crippen molar-refractivity contribution < 1.29 is 4.79 Å². The van der Waals surface area contributed by atoms with E-state index in [9.17, 15) is 4.79 Å². The first-order valence-corrected chi connectivity index (χ1v) is 8.25. The highest BCUT2D eigenvalue weighted by atomic mass is 35.5. The largest absolute Gasteiger partial charge is 0.339 e. The molecule has 0 aliphatic heterocycles. The van der Waals surface area contributed by atoms with Gasteiger partial charge in [-0.25, -0.2) is 9.97 Å². The van der Waals surface area contributed by atoms with Crippen LogP contribution in [0.5, 0.6) is 0 Å². The van der Waals surface area contributed by atoms with Gasteiger partial charge in [-0.1, -0.05) is 34.8 Å². The molecule has 126 valence electrons. The molecule has 3 rings (SSSR count). The van der Waals surface area contributed by atoms with Gasteiger partial charge in [-0.3, -0.25) is 4.79 Å². The number of benzene rings is 2. The van der Waals surface area contributed by atoms with Gasteiger partial charge in [0.2, 0.25) is 0 Å². The maximum atomic E-state index is 12.2. The molecule has 0 aliphatic carbocycles. The van der Waals surface area contributed by atoms with Crippen LogP contribution >= 0.6 is 34.8 Å². The predicted octanol–water partition coefficient (Wildman–Crippen LogP) is 5.43. The van der Waals surface area contributed by atoms with E-state index in [4.69, 9.17) is 34.8 Å². The molecule has 0 radical (unpaired) electrons. The molecule has 2 aromatic carbocycles.